The molecule has 0 aromatic heterocycles. The van der Waals surface area contributed by atoms with E-state index in [4.69, 9.17) is 4.74 Å². The normalized spacial score (nSPS) is 31.5. The first-order valence-electron chi connectivity index (χ1n) is 7.14. The molecule has 104 valence electrons. The molecule has 1 heterocycles. The summed E-state index contributed by atoms with van der Waals surface area (Å²) in [5, 5.41) is 13.3. The largest absolute Gasteiger partial charge is 0.488 e. The van der Waals surface area contributed by atoms with Crippen molar-refractivity contribution in [3.63, 3.8) is 0 Å². The number of ether oxygens (including phenoxy) is 1. The van der Waals surface area contributed by atoms with Gasteiger partial charge in [0.15, 0.2) is 0 Å². The van der Waals surface area contributed by atoms with Gasteiger partial charge in [-0.2, -0.15) is 0 Å². The zero-order valence-electron chi connectivity index (χ0n) is 11.9. The number of aryl methyl sites for hydroxylation is 1. The Hall–Kier alpha value is -1.06. The Balaban J connectivity index is 1.54. The van der Waals surface area contributed by atoms with Gasteiger partial charge in [0.05, 0.1) is 6.10 Å². The van der Waals surface area contributed by atoms with Gasteiger partial charge in [0.2, 0.25) is 0 Å². The first kappa shape index (κ1) is 12.9. The van der Waals surface area contributed by atoms with Crippen molar-refractivity contribution in [2.45, 2.75) is 51.9 Å². The van der Waals surface area contributed by atoms with Crippen LogP contribution >= 0.6 is 0 Å². The summed E-state index contributed by atoms with van der Waals surface area (Å²) < 4.78 is 5.95. The number of nitrogens with one attached hydrogen (secondary N) is 1. The highest BCUT2D eigenvalue weighted by atomic mass is 16.5. The lowest BCUT2D eigenvalue weighted by Gasteiger charge is -2.49. The number of aliphatic hydroxyl groups is 1. The monoisotopic (exact) mass is 261 g/mol. The second-order valence-electron chi connectivity index (χ2n) is 6.59. The first-order valence-corrected chi connectivity index (χ1v) is 7.14. The zero-order valence-corrected chi connectivity index (χ0v) is 11.9. The standard InChI is InChI=1S/C16H23NO2/c1-10-4-5-13-11(6-10)7-12(19-13)9-17-14-8-15(18)16(14,2)3/h4-6,12,14-15,17-18H,7-9H2,1-3H3. The highest BCUT2D eigenvalue weighted by molar-refractivity contribution is 5.40. The summed E-state index contributed by atoms with van der Waals surface area (Å²) >= 11 is 0. The first-order chi connectivity index (χ1) is 8.96. The van der Waals surface area contributed by atoms with Gasteiger partial charge < -0.3 is 15.2 Å². The molecule has 2 aliphatic rings. The average molecular weight is 261 g/mol. The summed E-state index contributed by atoms with van der Waals surface area (Å²) in [6.07, 6.45) is 1.89. The van der Waals surface area contributed by atoms with Crippen LogP contribution < -0.4 is 10.1 Å². The van der Waals surface area contributed by atoms with Crippen molar-refractivity contribution in [3.05, 3.63) is 29.3 Å². The van der Waals surface area contributed by atoms with Crippen LogP contribution in [0.1, 0.15) is 31.4 Å². The van der Waals surface area contributed by atoms with Crippen LogP contribution in [0.4, 0.5) is 0 Å². The SMILES string of the molecule is Cc1ccc2c(c1)CC(CNC1CC(O)C1(C)C)O2. The average Bonchev–Trinajstić information content (AvgIpc) is 2.76. The summed E-state index contributed by atoms with van der Waals surface area (Å²) in [4.78, 5) is 0. The fourth-order valence-electron chi connectivity index (χ4n) is 3.09. The predicted molar refractivity (Wildman–Crippen MR) is 75.5 cm³/mol. The van der Waals surface area contributed by atoms with Gasteiger partial charge in [0.1, 0.15) is 11.9 Å². The summed E-state index contributed by atoms with van der Waals surface area (Å²) in [5.41, 5.74) is 2.60. The van der Waals surface area contributed by atoms with E-state index in [1.807, 2.05) is 0 Å². The maximum atomic E-state index is 9.74. The molecule has 1 saturated carbocycles. The number of hydrogen-bond donors (Lipinski definition) is 2. The number of hydrogen-bond acceptors (Lipinski definition) is 3. The quantitative estimate of drug-likeness (QED) is 0.875. The maximum Gasteiger partial charge on any atom is 0.123 e. The highest BCUT2D eigenvalue weighted by Crippen LogP contribution is 2.40. The van der Waals surface area contributed by atoms with Crippen LogP contribution in [0.15, 0.2) is 18.2 Å². The number of benzene rings is 1. The molecule has 0 bridgehead atoms. The number of fused-ring (bicyclic) bond motifs is 1. The molecule has 3 unspecified atom stereocenters. The van der Waals surface area contributed by atoms with Gasteiger partial charge in [0, 0.05) is 24.4 Å². The Morgan fingerprint density at radius 3 is 2.89 bits per heavy atom. The van der Waals surface area contributed by atoms with E-state index >= 15 is 0 Å². The van der Waals surface area contributed by atoms with E-state index in [1.54, 1.807) is 0 Å². The summed E-state index contributed by atoms with van der Waals surface area (Å²) in [7, 11) is 0. The molecule has 1 aliphatic carbocycles. The molecule has 1 fully saturated rings. The van der Waals surface area contributed by atoms with Gasteiger partial charge in [-0.25, -0.2) is 0 Å². The predicted octanol–water partition coefficient (Wildman–Crippen LogP) is 2.05. The second-order valence-corrected chi connectivity index (χ2v) is 6.59. The summed E-state index contributed by atoms with van der Waals surface area (Å²) in [6.45, 7) is 7.21. The van der Waals surface area contributed by atoms with Crippen molar-refractivity contribution in [1.29, 1.82) is 0 Å². The smallest absolute Gasteiger partial charge is 0.123 e. The van der Waals surface area contributed by atoms with Crippen molar-refractivity contribution in [2.75, 3.05) is 6.54 Å². The second kappa shape index (κ2) is 4.50. The van der Waals surface area contributed by atoms with E-state index in [9.17, 15) is 5.11 Å². The van der Waals surface area contributed by atoms with Crippen molar-refractivity contribution in [1.82, 2.24) is 5.32 Å². The maximum absolute atomic E-state index is 9.74. The Morgan fingerprint density at radius 2 is 2.21 bits per heavy atom. The molecule has 3 heteroatoms. The van der Waals surface area contributed by atoms with Crippen molar-refractivity contribution >= 4 is 0 Å². The molecular formula is C16H23NO2. The van der Waals surface area contributed by atoms with Crippen LogP contribution in [0.2, 0.25) is 0 Å². The molecular weight excluding hydrogens is 238 g/mol. The van der Waals surface area contributed by atoms with E-state index in [2.05, 4.69) is 44.3 Å². The van der Waals surface area contributed by atoms with Crippen LogP contribution in [0.25, 0.3) is 0 Å². The van der Waals surface area contributed by atoms with Crippen LogP contribution in [0.3, 0.4) is 0 Å². The highest BCUT2D eigenvalue weighted by Gasteiger charge is 2.47. The van der Waals surface area contributed by atoms with Gasteiger partial charge in [0.25, 0.3) is 0 Å². The molecule has 19 heavy (non-hydrogen) atoms. The van der Waals surface area contributed by atoms with Gasteiger partial charge in [-0.3, -0.25) is 0 Å². The van der Waals surface area contributed by atoms with Gasteiger partial charge >= 0.3 is 0 Å². The number of aliphatic hydroxyl groups excluding tert-OH is 1. The fraction of sp³-hybridized carbons (Fsp3) is 0.625. The van der Waals surface area contributed by atoms with E-state index in [-0.39, 0.29) is 17.6 Å². The molecule has 1 aromatic rings. The lowest BCUT2D eigenvalue weighted by molar-refractivity contribution is -0.0740. The van der Waals surface area contributed by atoms with Crippen LogP contribution in [0, 0.1) is 12.3 Å². The summed E-state index contributed by atoms with van der Waals surface area (Å²) in [6, 6.07) is 6.78. The minimum absolute atomic E-state index is 0.0119. The minimum Gasteiger partial charge on any atom is -0.488 e. The molecule has 0 radical (unpaired) electrons. The Kier molecular flexibility index (Phi) is 3.06. The molecule has 3 rings (SSSR count). The van der Waals surface area contributed by atoms with E-state index in [0.29, 0.717) is 6.04 Å². The zero-order chi connectivity index (χ0) is 13.6. The molecule has 1 aromatic carbocycles. The number of rotatable bonds is 3. The van der Waals surface area contributed by atoms with Gasteiger partial charge in [-0.15, -0.1) is 0 Å². The molecule has 0 amide bonds. The Morgan fingerprint density at radius 1 is 1.42 bits per heavy atom. The van der Waals surface area contributed by atoms with Crippen molar-refractivity contribution in [2.24, 2.45) is 5.41 Å². The minimum atomic E-state index is -0.172. The third-order valence-corrected chi connectivity index (χ3v) is 4.77. The van der Waals surface area contributed by atoms with Crippen LogP contribution in [-0.2, 0) is 6.42 Å². The third-order valence-electron chi connectivity index (χ3n) is 4.77. The summed E-state index contributed by atoms with van der Waals surface area (Å²) in [5.74, 6) is 1.03. The Bertz CT molecular complexity index is 484. The molecule has 2 N–H and O–H groups in total. The molecule has 3 atom stereocenters. The van der Waals surface area contributed by atoms with Gasteiger partial charge in [-0.1, -0.05) is 31.5 Å². The fourth-order valence-corrected chi connectivity index (χ4v) is 3.09. The van der Waals surface area contributed by atoms with Crippen LogP contribution in [-0.4, -0.2) is 29.9 Å². The molecule has 3 nitrogen and oxygen atoms in total. The van der Waals surface area contributed by atoms with Crippen LogP contribution in [0.5, 0.6) is 5.75 Å². The molecule has 1 aliphatic heterocycles. The lowest BCUT2D eigenvalue weighted by Crippen LogP contribution is -2.61. The molecule has 0 saturated heterocycles. The van der Waals surface area contributed by atoms with E-state index < -0.39 is 0 Å². The van der Waals surface area contributed by atoms with Crippen molar-refractivity contribution < 1.29 is 9.84 Å². The van der Waals surface area contributed by atoms with Gasteiger partial charge in [-0.05, 0) is 25.0 Å². The lowest BCUT2D eigenvalue weighted by atomic mass is 9.64. The van der Waals surface area contributed by atoms with E-state index in [0.717, 1.165) is 25.1 Å². The van der Waals surface area contributed by atoms with E-state index in [1.165, 1.54) is 11.1 Å². The Labute approximate surface area is 115 Å². The third kappa shape index (κ3) is 2.26. The molecule has 0 spiro atoms. The topological polar surface area (TPSA) is 41.5 Å². The van der Waals surface area contributed by atoms with Crippen molar-refractivity contribution in [3.8, 4) is 5.75 Å².